The maximum atomic E-state index is 11.9. The van der Waals surface area contributed by atoms with Crippen molar-refractivity contribution < 1.29 is 22.7 Å². The van der Waals surface area contributed by atoms with Gasteiger partial charge in [0.25, 0.3) is 5.89 Å². The fraction of sp³-hybridized carbons (Fsp3) is 0.429. The van der Waals surface area contributed by atoms with Gasteiger partial charge in [-0.25, -0.2) is 9.78 Å². The van der Waals surface area contributed by atoms with Crippen LogP contribution in [0.15, 0.2) is 10.7 Å². The average Bonchev–Trinajstić information content (AvgIpc) is 2.52. The Kier molecular flexibility index (Phi) is 2.94. The lowest BCUT2D eigenvalue weighted by atomic mass is 10.5. The van der Waals surface area contributed by atoms with Crippen molar-refractivity contribution in [3.8, 4) is 0 Å². The summed E-state index contributed by atoms with van der Waals surface area (Å²) in [6, 6.07) is 0. The summed E-state index contributed by atoms with van der Waals surface area (Å²) in [6.07, 6.45) is -1.97. The predicted molar refractivity (Wildman–Crippen MR) is 37.4 cm³/mol. The fourth-order valence-corrected chi connectivity index (χ4v) is 0.687. The van der Waals surface area contributed by atoms with Crippen LogP contribution in [0.1, 0.15) is 29.7 Å². The normalized spacial score (nSPS) is 10.5. The molecule has 0 saturated carbocycles. The number of ether oxygens (including phenoxy) is 1. The van der Waals surface area contributed by atoms with Gasteiger partial charge in [-0.2, -0.15) is 8.78 Å². The second kappa shape index (κ2) is 3.97. The van der Waals surface area contributed by atoms with Crippen LogP contribution in [0.5, 0.6) is 0 Å². The molecule has 72 valence electrons. The average molecular weight is 191 g/mol. The zero-order chi connectivity index (χ0) is 9.84. The van der Waals surface area contributed by atoms with E-state index in [1.54, 1.807) is 6.92 Å². The molecule has 0 spiro atoms. The Labute approximate surface area is 72.5 Å². The molecule has 0 aliphatic heterocycles. The van der Waals surface area contributed by atoms with Gasteiger partial charge in [-0.15, -0.1) is 0 Å². The van der Waals surface area contributed by atoms with Crippen molar-refractivity contribution in [3.63, 3.8) is 0 Å². The van der Waals surface area contributed by atoms with Gasteiger partial charge in [0.2, 0.25) is 0 Å². The Morgan fingerprint density at radius 1 is 1.77 bits per heavy atom. The van der Waals surface area contributed by atoms with Gasteiger partial charge in [0.05, 0.1) is 6.61 Å². The van der Waals surface area contributed by atoms with Crippen LogP contribution in [-0.4, -0.2) is 17.6 Å². The maximum Gasteiger partial charge on any atom is 0.360 e. The zero-order valence-corrected chi connectivity index (χ0v) is 6.79. The summed E-state index contributed by atoms with van der Waals surface area (Å²) in [7, 11) is 0. The number of rotatable bonds is 3. The fourth-order valence-electron chi connectivity index (χ4n) is 0.687. The van der Waals surface area contributed by atoms with E-state index in [9.17, 15) is 13.6 Å². The maximum absolute atomic E-state index is 11.9. The number of hydrogen-bond acceptors (Lipinski definition) is 4. The topological polar surface area (TPSA) is 52.3 Å². The van der Waals surface area contributed by atoms with Crippen LogP contribution < -0.4 is 0 Å². The van der Waals surface area contributed by atoms with Crippen LogP contribution in [0, 0.1) is 0 Å². The van der Waals surface area contributed by atoms with Crippen LogP contribution >= 0.6 is 0 Å². The van der Waals surface area contributed by atoms with Crippen molar-refractivity contribution in [1.82, 2.24) is 4.98 Å². The molecule has 0 aromatic carbocycles. The Bertz CT molecular complexity index is 298. The lowest BCUT2D eigenvalue weighted by Crippen LogP contribution is -2.05. The molecular weight excluding hydrogens is 184 g/mol. The van der Waals surface area contributed by atoms with Gasteiger partial charge < -0.3 is 9.15 Å². The van der Waals surface area contributed by atoms with Gasteiger partial charge in [0.1, 0.15) is 6.26 Å². The predicted octanol–water partition coefficient (Wildman–Crippen LogP) is 1.79. The largest absolute Gasteiger partial charge is 0.461 e. The van der Waals surface area contributed by atoms with E-state index in [2.05, 4.69) is 14.1 Å². The third-order valence-electron chi connectivity index (χ3n) is 1.19. The first-order valence-corrected chi connectivity index (χ1v) is 3.55. The van der Waals surface area contributed by atoms with E-state index in [0.29, 0.717) is 0 Å². The molecule has 0 bridgehead atoms. The van der Waals surface area contributed by atoms with E-state index >= 15 is 0 Å². The number of hydrogen-bond donors (Lipinski definition) is 0. The number of carbonyl (C=O) groups excluding carboxylic acids is 1. The minimum Gasteiger partial charge on any atom is -0.461 e. The van der Waals surface area contributed by atoms with Gasteiger partial charge >= 0.3 is 12.4 Å². The summed E-state index contributed by atoms with van der Waals surface area (Å²) in [5.41, 5.74) is -0.239. The molecule has 0 atom stereocenters. The molecule has 0 fully saturated rings. The summed E-state index contributed by atoms with van der Waals surface area (Å²) in [5.74, 6) is -1.54. The van der Waals surface area contributed by atoms with Crippen LogP contribution in [0.25, 0.3) is 0 Å². The standard InChI is InChI=1S/C7H7F2NO3/c1-2-12-7(11)4-3-13-6(10-4)5(8)9/h3,5H,2H2,1H3. The third-order valence-corrected chi connectivity index (χ3v) is 1.19. The summed E-state index contributed by atoms with van der Waals surface area (Å²) < 4.78 is 32.7. The number of alkyl halides is 2. The molecule has 1 rings (SSSR count). The molecule has 1 aromatic heterocycles. The van der Waals surface area contributed by atoms with Crippen molar-refractivity contribution in [2.45, 2.75) is 13.3 Å². The summed E-state index contributed by atoms with van der Waals surface area (Å²) in [6.45, 7) is 1.77. The Morgan fingerprint density at radius 2 is 2.46 bits per heavy atom. The molecule has 1 heterocycles. The zero-order valence-electron chi connectivity index (χ0n) is 6.79. The van der Waals surface area contributed by atoms with Crippen molar-refractivity contribution >= 4 is 5.97 Å². The quantitative estimate of drug-likeness (QED) is 0.683. The van der Waals surface area contributed by atoms with Crippen molar-refractivity contribution in [2.75, 3.05) is 6.61 Å². The van der Waals surface area contributed by atoms with E-state index in [1.807, 2.05) is 0 Å². The molecule has 0 aliphatic carbocycles. The van der Waals surface area contributed by atoms with Crippen molar-refractivity contribution in [3.05, 3.63) is 17.8 Å². The highest BCUT2D eigenvalue weighted by atomic mass is 19.3. The van der Waals surface area contributed by atoms with E-state index < -0.39 is 18.3 Å². The number of esters is 1. The van der Waals surface area contributed by atoms with Crippen molar-refractivity contribution in [1.29, 1.82) is 0 Å². The third kappa shape index (κ3) is 2.24. The van der Waals surface area contributed by atoms with Gasteiger partial charge in [-0.05, 0) is 6.92 Å². The first-order chi connectivity index (χ1) is 6.15. The van der Waals surface area contributed by atoms with Gasteiger partial charge in [0.15, 0.2) is 5.69 Å². The van der Waals surface area contributed by atoms with E-state index in [4.69, 9.17) is 0 Å². The second-order valence-electron chi connectivity index (χ2n) is 2.09. The van der Waals surface area contributed by atoms with Crippen LogP contribution in [-0.2, 0) is 4.74 Å². The molecule has 1 aromatic rings. The SMILES string of the molecule is CCOC(=O)c1coc(C(F)F)n1. The first-order valence-electron chi connectivity index (χ1n) is 3.55. The number of nitrogens with zero attached hydrogens (tertiary/aromatic N) is 1. The summed E-state index contributed by atoms with van der Waals surface area (Å²) >= 11 is 0. The Hall–Kier alpha value is -1.46. The Balaban J connectivity index is 2.73. The van der Waals surface area contributed by atoms with E-state index in [1.165, 1.54) is 0 Å². The number of oxazole rings is 1. The highest BCUT2D eigenvalue weighted by Gasteiger charge is 2.18. The molecule has 0 amide bonds. The van der Waals surface area contributed by atoms with Crippen LogP contribution in [0.3, 0.4) is 0 Å². The minimum atomic E-state index is -2.82. The summed E-state index contributed by atoms with van der Waals surface area (Å²) in [5, 5.41) is 0. The Morgan fingerprint density at radius 3 is 2.92 bits per heavy atom. The van der Waals surface area contributed by atoms with Gasteiger partial charge in [-0.3, -0.25) is 0 Å². The minimum absolute atomic E-state index is 0.162. The molecule has 0 unspecified atom stereocenters. The second-order valence-corrected chi connectivity index (χ2v) is 2.09. The molecule has 6 heteroatoms. The first kappa shape index (κ1) is 9.63. The summed E-state index contributed by atoms with van der Waals surface area (Å²) in [4.78, 5) is 14.1. The van der Waals surface area contributed by atoms with Gasteiger partial charge in [0, 0.05) is 0 Å². The van der Waals surface area contributed by atoms with Crippen LogP contribution in [0.2, 0.25) is 0 Å². The lowest BCUT2D eigenvalue weighted by Gasteiger charge is -1.94. The molecule has 0 saturated heterocycles. The molecular formula is C7H7F2NO3. The molecule has 0 aliphatic rings. The van der Waals surface area contributed by atoms with Crippen molar-refractivity contribution in [2.24, 2.45) is 0 Å². The smallest absolute Gasteiger partial charge is 0.360 e. The molecule has 0 N–H and O–H groups in total. The number of halogens is 2. The van der Waals surface area contributed by atoms with Crippen LogP contribution in [0.4, 0.5) is 8.78 Å². The monoisotopic (exact) mass is 191 g/mol. The number of carbonyl (C=O) groups is 1. The highest BCUT2D eigenvalue weighted by Crippen LogP contribution is 2.17. The number of aromatic nitrogens is 1. The lowest BCUT2D eigenvalue weighted by molar-refractivity contribution is 0.0519. The van der Waals surface area contributed by atoms with E-state index in [0.717, 1.165) is 6.26 Å². The highest BCUT2D eigenvalue weighted by molar-refractivity contribution is 5.86. The molecule has 4 nitrogen and oxygen atoms in total. The molecule has 13 heavy (non-hydrogen) atoms. The molecule has 0 radical (unpaired) electrons. The van der Waals surface area contributed by atoms with Gasteiger partial charge in [-0.1, -0.05) is 0 Å². The van der Waals surface area contributed by atoms with E-state index in [-0.39, 0.29) is 12.3 Å².